The molecule has 1 aliphatic heterocycles. The Morgan fingerprint density at radius 1 is 1.33 bits per heavy atom. The molecule has 0 amide bonds. The molecule has 0 spiro atoms. The zero-order valence-electron chi connectivity index (χ0n) is 12.9. The first kappa shape index (κ1) is 13.3. The van der Waals surface area contributed by atoms with Gasteiger partial charge in [0.2, 0.25) is 0 Å². The van der Waals surface area contributed by atoms with Crippen LogP contribution in [-0.4, -0.2) is 37.4 Å². The van der Waals surface area contributed by atoms with Gasteiger partial charge in [-0.05, 0) is 55.5 Å². The number of likely N-dealkylation sites (tertiary alicyclic amines) is 1. The zero-order valence-corrected chi connectivity index (χ0v) is 12.9. The van der Waals surface area contributed by atoms with E-state index in [0.29, 0.717) is 24.3 Å². The van der Waals surface area contributed by atoms with Crippen molar-refractivity contribution in [1.29, 1.82) is 0 Å². The van der Waals surface area contributed by atoms with Gasteiger partial charge in [-0.15, -0.1) is 0 Å². The molecule has 4 rings (SSSR count). The summed E-state index contributed by atoms with van der Waals surface area (Å²) in [6.45, 7) is 0.609. The third kappa shape index (κ3) is 1.67. The fourth-order valence-corrected chi connectivity index (χ4v) is 5.14. The first-order valence-corrected chi connectivity index (χ1v) is 8.08. The van der Waals surface area contributed by atoms with Gasteiger partial charge in [0.25, 0.3) is 0 Å². The molecule has 2 bridgehead atoms. The van der Waals surface area contributed by atoms with Crippen molar-refractivity contribution in [2.75, 3.05) is 20.7 Å². The van der Waals surface area contributed by atoms with E-state index in [1.807, 2.05) is 6.07 Å². The first-order valence-electron chi connectivity index (χ1n) is 8.08. The Bertz CT molecular complexity index is 597. The van der Waals surface area contributed by atoms with E-state index in [0.717, 1.165) is 18.6 Å². The second kappa shape index (κ2) is 4.57. The van der Waals surface area contributed by atoms with Crippen molar-refractivity contribution in [3.05, 3.63) is 29.3 Å². The van der Waals surface area contributed by atoms with Crippen molar-refractivity contribution in [2.45, 2.75) is 43.6 Å². The van der Waals surface area contributed by atoms with Gasteiger partial charge in [0.15, 0.2) is 5.78 Å². The van der Waals surface area contributed by atoms with Crippen molar-refractivity contribution >= 4 is 5.78 Å². The summed E-state index contributed by atoms with van der Waals surface area (Å²) in [5.74, 6) is 1.81. The van der Waals surface area contributed by atoms with E-state index in [2.05, 4.69) is 24.1 Å². The third-order valence-electron chi connectivity index (χ3n) is 6.12. The predicted octanol–water partition coefficient (Wildman–Crippen LogP) is 2.56. The summed E-state index contributed by atoms with van der Waals surface area (Å²) in [6.07, 6.45) is 5.74. The van der Waals surface area contributed by atoms with E-state index in [1.54, 1.807) is 7.11 Å². The number of hydrogen-bond acceptors (Lipinski definition) is 3. The van der Waals surface area contributed by atoms with Gasteiger partial charge < -0.3 is 4.74 Å². The average molecular weight is 285 g/mol. The van der Waals surface area contributed by atoms with Gasteiger partial charge in [-0.1, -0.05) is 18.9 Å². The lowest BCUT2D eigenvalue weighted by Gasteiger charge is -2.57. The summed E-state index contributed by atoms with van der Waals surface area (Å²) in [6, 6.07) is 6.90. The summed E-state index contributed by atoms with van der Waals surface area (Å²) in [5.41, 5.74) is 2.41. The fourth-order valence-electron chi connectivity index (χ4n) is 5.14. The van der Waals surface area contributed by atoms with Crippen LogP contribution in [0.25, 0.3) is 0 Å². The van der Waals surface area contributed by atoms with Gasteiger partial charge in [-0.3, -0.25) is 9.69 Å². The van der Waals surface area contributed by atoms with Crippen LogP contribution >= 0.6 is 0 Å². The summed E-state index contributed by atoms with van der Waals surface area (Å²) in [7, 11) is 3.83. The summed E-state index contributed by atoms with van der Waals surface area (Å²) in [5, 5.41) is 0. The Kier molecular flexibility index (Phi) is 2.90. The molecule has 1 saturated heterocycles. The normalized spacial score (nSPS) is 35.0. The van der Waals surface area contributed by atoms with Gasteiger partial charge >= 0.3 is 0 Å². The number of fused-ring (bicyclic) bond motifs is 1. The molecular weight excluding hydrogens is 262 g/mol. The number of hydrogen-bond donors (Lipinski definition) is 0. The van der Waals surface area contributed by atoms with E-state index in [9.17, 15) is 4.79 Å². The van der Waals surface area contributed by atoms with Crippen LogP contribution in [0.4, 0.5) is 0 Å². The highest BCUT2D eigenvalue weighted by Crippen LogP contribution is 2.54. The van der Waals surface area contributed by atoms with Crippen molar-refractivity contribution < 1.29 is 9.53 Å². The molecule has 3 aliphatic rings. The Labute approximate surface area is 126 Å². The topological polar surface area (TPSA) is 29.5 Å². The first-order chi connectivity index (χ1) is 10.2. The predicted molar refractivity (Wildman–Crippen MR) is 81.8 cm³/mol. The van der Waals surface area contributed by atoms with Crippen molar-refractivity contribution in [1.82, 2.24) is 4.90 Å². The number of Topliss-reactive ketones (excluding diaryl/α,β-unsaturated/α-hetero) is 1. The zero-order chi connectivity index (χ0) is 14.6. The molecular formula is C18H23NO2. The van der Waals surface area contributed by atoms with Crippen molar-refractivity contribution in [3.63, 3.8) is 0 Å². The molecule has 3 heteroatoms. The molecule has 3 nitrogen and oxygen atoms in total. The number of rotatable bonds is 1. The Morgan fingerprint density at radius 3 is 3.00 bits per heavy atom. The van der Waals surface area contributed by atoms with E-state index in [4.69, 9.17) is 4.74 Å². The molecule has 2 aliphatic carbocycles. The monoisotopic (exact) mass is 285 g/mol. The van der Waals surface area contributed by atoms with E-state index >= 15 is 0 Å². The number of carbonyl (C=O) groups excluding carboxylic acids is 1. The molecule has 0 unspecified atom stereocenters. The summed E-state index contributed by atoms with van der Waals surface area (Å²) < 4.78 is 5.43. The molecule has 0 aromatic heterocycles. The van der Waals surface area contributed by atoms with Gasteiger partial charge in [0.05, 0.1) is 19.1 Å². The molecule has 1 aromatic carbocycles. The number of likely N-dealkylation sites (N-methyl/N-ethyl adjacent to an activating group) is 1. The van der Waals surface area contributed by atoms with Crippen molar-refractivity contribution in [2.24, 2.45) is 5.92 Å². The van der Waals surface area contributed by atoms with Gasteiger partial charge in [-0.25, -0.2) is 0 Å². The standard InChI is InChI=1S/C18H23NO2/c1-19-11-17(20)18-8-4-3-5-14(18)16(19)9-12-6-7-13(21-2)10-15(12)18/h6-7,10,14,16H,3-5,8-9,11H2,1-2H3/t14-,16-,18-/m0/s1. The van der Waals surface area contributed by atoms with Crippen LogP contribution in [0.2, 0.25) is 0 Å². The van der Waals surface area contributed by atoms with E-state index in [1.165, 1.54) is 30.4 Å². The second-order valence-electron chi connectivity index (χ2n) is 6.96. The van der Waals surface area contributed by atoms with Crippen LogP contribution in [0.5, 0.6) is 5.75 Å². The molecule has 0 radical (unpaired) electrons. The highest BCUT2D eigenvalue weighted by Gasteiger charge is 2.57. The maximum absolute atomic E-state index is 13.1. The third-order valence-corrected chi connectivity index (χ3v) is 6.12. The SMILES string of the molecule is COc1ccc2c(c1)[C@]13CCCC[C@H]1[C@H](C2)N(C)CC3=O. The Morgan fingerprint density at radius 2 is 2.19 bits per heavy atom. The highest BCUT2D eigenvalue weighted by atomic mass is 16.5. The number of methoxy groups -OCH3 is 1. The number of piperidine rings is 1. The van der Waals surface area contributed by atoms with Crippen molar-refractivity contribution in [3.8, 4) is 5.75 Å². The largest absolute Gasteiger partial charge is 0.497 e. The van der Waals surface area contributed by atoms with E-state index < -0.39 is 0 Å². The van der Waals surface area contributed by atoms with Crippen LogP contribution < -0.4 is 4.74 Å². The smallest absolute Gasteiger partial charge is 0.157 e. The quantitative estimate of drug-likeness (QED) is 0.794. The lowest BCUT2D eigenvalue weighted by molar-refractivity contribution is -0.138. The maximum Gasteiger partial charge on any atom is 0.157 e. The Hall–Kier alpha value is -1.35. The molecule has 1 saturated carbocycles. The van der Waals surface area contributed by atoms with Gasteiger partial charge in [0.1, 0.15) is 5.75 Å². The van der Waals surface area contributed by atoms with Gasteiger partial charge in [0, 0.05) is 6.04 Å². The molecule has 3 atom stereocenters. The second-order valence-corrected chi connectivity index (χ2v) is 6.96. The number of ketones is 1. The minimum absolute atomic E-state index is 0.225. The fraction of sp³-hybridized carbons (Fsp3) is 0.611. The molecule has 21 heavy (non-hydrogen) atoms. The van der Waals surface area contributed by atoms with Crippen LogP contribution in [0.15, 0.2) is 18.2 Å². The maximum atomic E-state index is 13.1. The number of benzene rings is 1. The minimum atomic E-state index is -0.225. The van der Waals surface area contributed by atoms with Crippen LogP contribution in [0, 0.1) is 5.92 Å². The molecule has 1 aromatic rings. The molecule has 0 N–H and O–H groups in total. The average Bonchev–Trinajstić information content (AvgIpc) is 2.52. The lowest BCUT2D eigenvalue weighted by atomic mass is 9.52. The van der Waals surface area contributed by atoms with Crippen LogP contribution in [0.3, 0.4) is 0 Å². The number of ether oxygens (including phenoxy) is 1. The minimum Gasteiger partial charge on any atom is -0.497 e. The highest BCUT2D eigenvalue weighted by molar-refractivity contribution is 5.94. The number of nitrogens with zero attached hydrogens (tertiary/aromatic N) is 1. The summed E-state index contributed by atoms with van der Waals surface area (Å²) >= 11 is 0. The molecule has 2 fully saturated rings. The molecule has 112 valence electrons. The number of carbonyl (C=O) groups is 1. The molecule has 1 heterocycles. The van der Waals surface area contributed by atoms with E-state index in [-0.39, 0.29) is 5.41 Å². The van der Waals surface area contributed by atoms with Crippen LogP contribution in [0.1, 0.15) is 36.8 Å². The Balaban J connectivity index is 1.94. The van der Waals surface area contributed by atoms with Gasteiger partial charge in [-0.2, -0.15) is 0 Å². The lowest BCUT2D eigenvalue weighted by Crippen LogP contribution is -2.64. The van der Waals surface area contributed by atoms with Crippen LogP contribution in [-0.2, 0) is 16.6 Å². The summed E-state index contributed by atoms with van der Waals surface area (Å²) in [4.78, 5) is 15.3.